The molecule has 24 heavy (non-hydrogen) atoms. The molecular weight excluding hydrogens is 431 g/mol. The Morgan fingerprint density at radius 3 is 2.71 bits per heavy atom. The Hall–Kier alpha value is -2.37. The lowest BCUT2D eigenvalue weighted by atomic mass is 10.1. The number of amides is 1. The van der Waals surface area contributed by atoms with E-state index in [2.05, 4.69) is 15.4 Å². The summed E-state index contributed by atoms with van der Waals surface area (Å²) in [7, 11) is 1.46. The van der Waals surface area contributed by atoms with Crippen LogP contribution < -0.4 is 15.2 Å². The summed E-state index contributed by atoms with van der Waals surface area (Å²) < 4.78 is 16.3. The van der Waals surface area contributed by atoms with Crippen molar-refractivity contribution < 1.29 is 23.8 Å². The van der Waals surface area contributed by atoms with Crippen molar-refractivity contribution in [3.8, 4) is 22.8 Å². The van der Waals surface area contributed by atoms with Gasteiger partial charge in [-0.3, -0.25) is 4.79 Å². The number of halogens is 1. The van der Waals surface area contributed by atoms with Crippen molar-refractivity contribution in [1.29, 1.82) is 0 Å². The number of carbonyl (C=O) groups excluding carboxylic acids is 2. The molecule has 2 rings (SSSR count). The molecule has 1 aromatic heterocycles. The Kier molecular flexibility index (Phi) is 5.95. The van der Waals surface area contributed by atoms with Gasteiger partial charge in [-0.25, -0.2) is 4.79 Å². The summed E-state index contributed by atoms with van der Waals surface area (Å²) in [4.78, 5) is 22.8. The molecule has 0 bridgehead atoms. The predicted molar refractivity (Wildman–Crippen MR) is 91.7 cm³/mol. The number of rotatable bonds is 7. The number of aromatic nitrogens is 3. The van der Waals surface area contributed by atoms with Gasteiger partial charge in [-0.15, -0.1) is 5.10 Å². The lowest BCUT2D eigenvalue weighted by Crippen LogP contribution is -2.20. The summed E-state index contributed by atoms with van der Waals surface area (Å²) in [5.74, 6) is -0.430. The molecule has 0 fully saturated rings. The second-order valence-electron chi connectivity index (χ2n) is 4.49. The van der Waals surface area contributed by atoms with Crippen LogP contribution in [-0.2, 0) is 9.53 Å². The van der Waals surface area contributed by atoms with Gasteiger partial charge >= 0.3 is 5.97 Å². The molecule has 128 valence electrons. The molecule has 0 saturated carbocycles. The van der Waals surface area contributed by atoms with Gasteiger partial charge in [-0.1, -0.05) is 0 Å². The Morgan fingerprint density at radius 2 is 2.08 bits per heavy atom. The first-order chi connectivity index (χ1) is 11.5. The molecule has 9 nitrogen and oxygen atoms in total. The van der Waals surface area contributed by atoms with Crippen LogP contribution in [0.5, 0.6) is 11.5 Å². The normalized spacial score (nSPS) is 10.3. The zero-order valence-corrected chi connectivity index (χ0v) is 15.1. The number of hydrogen-bond donors (Lipinski definition) is 2. The van der Waals surface area contributed by atoms with E-state index in [1.165, 1.54) is 7.11 Å². The fourth-order valence-electron chi connectivity index (χ4n) is 1.91. The summed E-state index contributed by atoms with van der Waals surface area (Å²) in [5, 5.41) is 10.2. The van der Waals surface area contributed by atoms with Crippen molar-refractivity contribution in [1.82, 2.24) is 15.4 Å². The molecule has 1 aromatic carbocycles. The van der Waals surface area contributed by atoms with E-state index < -0.39 is 11.9 Å². The number of carbonyl (C=O) groups is 2. The number of hydrogen-bond acceptors (Lipinski definition) is 7. The molecule has 0 atom stereocenters. The largest absolute Gasteiger partial charge is 0.493 e. The number of nitrogens with two attached hydrogens (primary N) is 1. The summed E-state index contributed by atoms with van der Waals surface area (Å²) in [6, 6.07) is 3.35. The van der Waals surface area contributed by atoms with Crippen LogP contribution in [0.25, 0.3) is 11.3 Å². The fraction of sp³-hybridized carbons (Fsp3) is 0.286. The smallest absolute Gasteiger partial charge is 0.361 e. The number of primary amides is 1. The Morgan fingerprint density at radius 1 is 1.33 bits per heavy atom. The average Bonchev–Trinajstić information content (AvgIpc) is 3.02. The maximum absolute atomic E-state index is 11.9. The van der Waals surface area contributed by atoms with Gasteiger partial charge in [0.2, 0.25) is 0 Å². The topological polar surface area (TPSA) is 129 Å². The number of esters is 1. The molecule has 0 aliphatic heterocycles. The summed E-state index contributed by atoms with van der Waals surface area (Å²) in [6.07, 6.45) is 0. The minimum atomic E-state index is -0.599. The minimum Gasteiger partial charge on any atom is -0.493 e. The monoisotopic (exact) mass is 446 g/mol. The summed E-state index contributed by atoms with van der Waals surface area (Å²) in [5.41, 5.74) is 6.07. The third kappa shape index (κ3) is 3.93. The first-order valence-electron chi connectivity index (χ1n) is 6.84. The fourth-order valence-corrected chi connectivity index (χ4v) is 2.67. The summed E-state index contributed by atoms with van der Waals surface area (Å²) >= 11 is 2.02. The zero-order valence-electron chi connectivity index (χ0n) is 13.0. The highest BCUT2D eigenvalue weighted by molar-refractivity contribution is 14.1. The van der Waals surface area contributed by atoms with E-state index in [1.54, 1.807) is 19.1 Å². The van der Waals surface area contributed by atoms with E-state index in [1.807, 2.05) is 22.6 Å². The SMILES string of the molecule is CCOC(=O)c1n[nH]nc1-c1cc(I)c(OCC(N)=O)c(OC)c1. The van der Waals surface area contributed by atoms with Crippen LogP contribution in [0.3, 0.4) is 0 Å². The van der Waals surface area contributed by atoms with E-state index in [4.69, 9.17) is 19.9 Å². The van der Waals surface area contributed by atoms with Crippen LogP contribution in [0.2, 0.25) is 0 Å². The number of nitrogens with zero attached hydrogens (tertiary/aromatic N) is 2. The summed E-state index contributed by atoms with van der Waals surface area (Å²) in [6.45, 7) is 1.66. The van der Waals surface area contributed by atoms with E-state index >= 15 is 0 Å². The highest BCUT2D eigenvalue weighted by Crippen LogP contribution is 2.37. The highest BCUT2D eigenvalue weighted by atomic mass is 127. The molecule has 0 radical (unpaired) electrons. The van der Waals surface area contributed by atoms with Gasteiger partial charge in [0, 0.05) is 5.56 Å². The van der Waals surface area contributed by atoms with Gasteiger partial charge < -0.3 is 19.9 Å². The third-order valence-corrected chi connectivity index (χ3v) is 3.68. The molecule has 0 spiro atoms. The van der Waals surface area contributed by atoms with Gasteiger partial charge in [0.05, 0.1) is 17.3 Å². The van der Waals surface area contributed by atoms with Gasteiger partial charge in [-0.05, 0) is 41.6 Å². The zero-order chi connectivity index (χ0) is 17.7. The molecule has 0 aliphatic rings. The van der Waals surface area contributed by atoms with Crippen LogP contribution in [0, 0.1) is 3.57 Å². The number of benzene rings is 1. The maximum Gasteiger partial charge on any atom is 0.361 e. The minimum absolute atomic E-state index is 0.0699. The molecule has 0 unspecified atom stereocenters. The lowest BCUT2D eigenvalue weighted by Gasteiger charge is -2.13. The van der Waals surface area contributed by atoms with Crippen LogP contribution >= 0.6 is 22.6 Å². The van der Waals surface area contributed by atoms with Crippen LogP contribution in [0.15, 0.2) is 12.1 Å². The molecular formula is C14H15IN4O5. The van der Waals surface area contributed by atoms with E-state index in [0.29, 0.717) is 26.3 Å². The predicted octanol–water partition coefficient (Wildman–Crippen LogP) is 1.13. The van der Waals surface area contributed by atoms with E-state index in [-0.39, 0.29) is 18.9 Å². The van der Waals surface area contributed by atoms with Crippen molar-refractivity contribution in [2.24, 2.45) is 5.73 Å². The Bertz CT molecular complexity index is 762. The van der Waals surface area contributed by atoms with Crippen molar-refractivity contribution in [2.45, 2.75) is 6.92 Å². The average molecular weight is 446 g/mol. The number of nitrogens with one attached hydrogen (secondary N) is 1. The quantitative estimate of drug-likeness (QED) is 0.482. The highest BCUT2D eigenvalue weighted by Gasteiger charge is 2.22. The molecule has 3 N–H and O–H groups in total. The van der Waals surface area contributed by atoms with Crippen molar-refractivity contribution >= 4 is 34.5 Å². The number of aromatic amines is 1. The first-order valence-corrected chi connectivity index (χ1v) is 7.92. The van der Waals surface area contributed by atoms with Gasteiger partial charge in [0.1, 0.15) is 5.69 Å². The number of H-pyrrole nitrogens is 1. The molecule has 0 aliphatic carbocycles. The Labute approximate surface area is 151 Å². The van der Waals surface area contributed by atoms with Crippen molar-refractivity contribution in [2.75, 3.05) is 20.3 Å². The van der Waals surface area contributed by atoms with Crippen LogP contribution in [-0.4, -0.2) is 47.6 Å². The van der Waals surface area contributed by atoms with Crippen LogP contribution in [0.4, 0.5) is 0 Å². The number of ether oxygens (including phenoxy) is 3. The molecule has 2 aromatic rings. The van der Waals surface area contributed by atoms with Gasteiger partial charge in [-0.2, -0.15) is 10.3 Å². The second-order valence-corrected chi connectivity index (χ2v) is 5.65. The van der Waals surface area contributed by atoms with E-state index in [9.17, 15) is 9.59 Å². The molecule has 1 heterocycles. The second kappa shape index (κ2) is 7.95. The first kappa shape index (κ1) is 18.0. The van der Waals surface area contributed by atoms with Gasteiger partial charge in [0.15, 0.2) is 23.8 Å². The molecule has 1 amide bonds. The van der Waals surface area contributed by atoms with Crippen LogP contribution in [0.1, 0.15) is 17.4 Å². The Balaban J connectivity index is 2.43. The molecule has 10 heteroatoms. The lowest BCUT2D eigenvalue weighted by molar-refractivity contribution is -0.119. The third-order valence-electron chi connectivity index (χ3n) is 2.88. The van der Waals surface area contributed by atoms with Crippen molar-refractivity contribution in [3.63, 3.8) is 0 Å². The maximum atomic E-state index is 11.9. The van der Waals surface area contributed by atoms with Gasteiger partial charge in [0.25, 0.3) is 5.91 Å². The van der Waals surface area contributed by atoms with Crippen molar-refractivity contribution in [3.05, 3.63) is 21.4 Å². The van der Waals surface area contributed by atoms with E-state index in [0.717, 1.165) is 0 Å². The standard InChI is InChI=1S/C14H15IN4O5/c1-3-23-14(21)12-11(17-19-18-12)7-4-8(15)13(9(5-7)22-2)24-6-10(16)20/h4-5H,3,6H2,1-2H3,(H2,16,20)(H,17,18,19). The number of methoxy groups -OCH3 is 1. The molecule has 0 saturated heterocycles.